The van der Waals surface area contributed by atoms with Gasteiger partial charge < -0.3 is 13.9 Å². The van der Waals surface area contributed by atoms with Crippen molar-refractivity contribution in [2.45, 2.75) is 26.6 Å². The molecule has 1 aromatic heterocycles. The van der Waals surface area contributed by atoms with Crippen LogP contribution in [-0.4, -0.2) is 0 Å². The van der Waals surface area contributed by atoms with Gasteiger partial charge in [0.1, 0.15) is 23.7 Å². The zero-order chi connectivity index (χ0) is 24.6. The van der Waals surface area contributed by atoms with Gasteiger partial charge in [-0.15, -0.1) is 0 Å². The molecule has 0 radical (unpaired) electrons. The number of ether oxygens (including phenoxy) is 2. The van der Waals surface area contributed by atoms with E-state index in [0.717, 1.165) is 10.0 Å². The predicted molar refractivity (Wildman–Crippen MR) is 127 cm³/mol. The molecular weight excluding hydrogens is 537 g/mol. The minimum Gasteiger partial charge on any atom is -0.489 e. The van der Waals surface area contributed by atoms with E-state index >= 15 is 0 Å². The normalized spacial score (nSPS) is 11.6. The van der Waals surface area contributed by atoms with Gasteiger partial charge in [-0.25, -0.2) is 0 Å². The van der Waals surface area contributed by atoms with E-state index in [1.165, 1.54) is 30.3 Å². The fraction of sp³-hybridized carbons (Fsp3) is 0.160. The highest BCUT2D eigenvalue weighted by atomic mass is 79.9. The van der Waals surface area contributed by atoms with Crippen molar-refractivity contribution in [2.24, 2.45) is 0 Å². The van der Waals surface area contributed by atoms with Crippen molar-refractivity contribution < 1.29 is 27.1 Å². The third-order valence-corrected chi connectivity index (χ3v) is 6.09. The molecule has 3 aromatic carbocycles. The van der Waals surface area contributed by atoms with Crippen LogP contribution in [0.15, 0.2) is 68.3 Å². The van der Waals surface area contributed by atoms with Crippen molar-refractivity contribution in [1.29, 1.82) is 0 Å². The minimum atomic E-state index is -4.97. The van der Waals surface area contributed by atoms with E-state index in [9.17, 15) is 18.0 Å². The van der Waals surface area contributed by atoms with Gasteiger partial charge in [0.05, 0.1) is 5.39 Å². The van der Waals surface area contributed by atoms with E-state index in [1.807, 2.05) is 24.3 Å². The number of halogens is 5. The first kappa shape index (κ1) is 24.2. The molecule has 4 aromatic rings. The molecule has 9 heteroatoms. The van der Waals surface area contributed by atoms with E-state index in [-0.39, 0.29) is 29.1 Å². The lowest BCUT2D eigenvalue weighted by Crippen LogP contribution is -2.15. The fourth-order valence-corrected chi connectivity index (χ4v) is 3.96. The molecule has 0 aliphatic rings. The number of benzene rings is 3. The van der Waals surface area contributed by atoms with Crippen LogP contribution < -0.4 is 14.9 Å². The lowest BCUT2D eigenvalue weighted by atomic mass is 10.1. The third-order valence-electron chi connectivity index (χ3n) is 5.00. The number of fused-ring (bicyclic) bond motifs is 1. The summed E-state index contributed by atoms with van der Waals surface area (Å²) in [6.45, 7) is 3.55. The van der Waals surface area contributed by atoms with Gasteiger partial charge >= 0.3 is 6.18 Å². The minimum absolute atomic E-state index is 0.0468. The fourth-order valence-electron chi connectivity index (χ4n) is 3.40. The molecule has 0 fully saturated rings. The van der Waals surface area contributed by atoms with Gasteiger partial charge in [-0.1, -0.05) is 39.7 Å². The summed E-state index contributed by atoms with van der Waals surface area (Å²) in [6, 6.07) is 14.4. The van der Waals surface area contributed by atoms with Crippen LogP contribution in [0.2, 0.25) is 5.02 Å². The number of alkyl halides is 3. The molecule has 176 valence electrons. The van der Waals surface area contributed by atoms with Crippen molar-refractivity contribution in [3.8, 4) is 17.2 Å². The molecule has 0 amide bonds. The molecule has 0 N–H and O–H groups in total. The first-order valence-electron chi connectivity index (χ1n) is 10.0. The Kier molecular flexibility index (Phi) is 6.64. The summed E-state index contributed by atoms with van der Waals surface area (Å²) in [5, 5.41) is 0.393. The van der Waals surface area contributed by atoms with E-state index in [1.54, 1.807) is 13.8 Å². The van der Waals surface area contributed by atoms with Crippen LogP contribution in [-0.2, 0) is 12.8 Å². The smallest absolute Gasteiger partial charge is 0.453 e. The van der Waals surface area contributed by atoms with Crippen LogP contribution in [0.5, 0.6) is 17.2 Å². The van der Waals surface area contributed by atoms with Crippen molar-refractivity contribution >= 4 is 38.5 Å². The average Bonchev–Trinajstić information content (AvgIpc) is 2.77. The molecule has 0 spiro atoms. The number of hydrogen-bond donors (Lipinski definition) is 0. The molecule has 4 rings (SSSR count). The SMILES string of the molecule is Cc1cc(Oc2c(C(F)(F)F)oc3cc(OCc4cccc(Br)c4)ccc3c2=O)cc(C)c1Cl. The molecule has 4 nitrogen and oxygen atoms in total. The third kappa shape index (κ3) is 5.08. The van der Waals surface area contributed by atoms with Crippen LogP contribution in [0.3, 0.4) is 0 Å². The molecule has 0 aliphatic heterocycles. The van der Waals surface area contributed by atoms with Crippen LogP contribution in [0.4, 0.5) is 13.2 Å². The van der Waals surface area contributed by atoms with Crippen LogP contribution >= 0.6 is 27.5 Å². The summed E-state index contributed by atoms with van der Waals surface area (Å²) in [4.78, 5) is 13.0. The van der Waals surface area contributed by atoms with Gasteiger partial charge in [-0.2, -0.15) is 13.2 Å². The van der Waals surface area contributed by atoms with Crippen molar-refractivity contribution in [3.63, 3.8) is 0 Å². The van der Waals surface area contributed by atoms with E-state index in [2.05, 4.69) is 15.9 Å². The summed E-state index contributed by atoms with van der Waals surface area (Å²) >= 11 is 9.49. The lowest BCUT2D eigenvalue weighted by molar-refractivity contribution is -0.154. The quantitative estimate of drug-likeness (QED) is 0.250. The second-order valence-corrected chi connectivity index (χ2v) is 8.93. The summed E-state index contributed by atoms with van der Waals surface area (Å²) in [5.41, 5.74) is 0.840. The Balaban J connectivity index is 1.74. The highest BCUT2D eigenvalue weighted by molar-refractivity contribution is 9.10. The second-order valence-electron chi connectivity index (χ2n) is 7.64. The van der Waals surface area contributed by atoms with Gasteiger partial charge in [-0.05, 0) is 66.9 Å². The van der Waals surface area contributed by atoms with Crippen molar-refractivity contribution in [2.75, 3.05) is 0 Å². The molecule has 0 bridgehead atoms. The molecule has 0 aliphatic carbocycles. The highest BCUT2D eigenvalue weighted by Crippen LogP contribution is 2.39. The first-order chi connectivity index (χ1) is 16.0. The van der Waals surface area contributed by atoms with Crippen LogP contribution in [0.25, 0.3) is 11.0 Å². The standard InChI is InChI=1S/C25H17BrClF3O4/c1-13-8-18(9-14(2)21(13)27)33-23-22(31)19-7-6-17(11-20(19)34-24(23)25(28,29)30)32-12-15-4-3-5-16(26)10-15/h3-11H,12H2,1-2H3. The summed E-state index contributed by atoms with van der Waals surface area (Å²) < 4.78 is 58.6. The maximum atomic E-state index is 13.8. The number of aryl methyl sites for hydroxylation is 2. The van der Waals surface area contributed by atoms with Crippen molar-refractivity contribution in [1.82, 2.24) is 0 Å². The Bertz CT molecular complexity index is 1420. The monoisotopic (exact) mass is 552 g/mol. The van der Waals surface area contributed by atoms with Crippen molar-refractivity contribution in [3.05, 3.63) is 96.8 Å². The molecule has 0 unspecified atom stereocenters. The predicted octanol–water partition coefficient (Wildman–Crippen LogP) is 8.22. The maximum absolute atomic E-state index is 13.8. The van der Waals surface area contributed by atoms with E-state index < -0.39 is 23.1 Å². The zero-order valence-electron chi connectivity index (χ0n) is 17.9. The van der Waals surface area contributed by atoms with Gasteiger partial charge in [-0.3, -0.25) is 4.79 Å². The molecule has 0 saturated carbocycles. The van der Waals surface area contributed by atoms with Gasteiger partial charge in [0.15, 0.2) is 0 Å². The topological polar surface area (TPSA) is 48.7 Å². The van der Waals surface area contributed by atoms with Gasteiger partial charge in [0.2, 0.25) is 11.2 Å². The second kappa shape index (κ2) is 9.35. The molecular formula is C25H17BrClF3O4. The van der Waals surface area contributed by atoms with Crippen LogP contribution in [0.1, 0.15) is 22.5 Å². The van der Waals surface area contributed by atoms with Gasteiger partial charge in [0, 0.05) is 15.6 Å². The molecule has 0 saturated heterocycles. The van der Waals surface area contributed by atoms with E-state index in [0.29, 0.717) is 16.1 Å². The molecule has 0 atom stereocenters. The lowest BCUT2D eigenvalue weighted by Gasteiger charge is -2.15. The summed E-state index contributed by atoms with van der Waals surface area (Å²) in [6.07, 6.45) is -4.97. The zero-order valence-corrected chi connectivity index (χ0v) is 20.3. The Morgan fingerprint density at radius 2 is 1.71 bits per heavy atom. The number of hydrogen-bond acceptors (Lipinski definition) is 4. The Morgan fingerprint density at radius 3 is 2.35 bits per heavy atom. The van der Waals surface area contributed by atoms with Gasteiger partial charge in [0.25, 0.3) is 5.76 Å². The highest BCUT2D eigenvalue weighted by Gasteiger charge is 2.40. The molecule has 34 heavy (non-hydrogen) atoms. The Morgan fingerprint density at radius 1 is 1.00 bits per heavy atom. The maximum Gasteiger partial charge on any atom is 0.453 e. The summed E-state index contributed by atoms with van der Waals surface area (Å²) in [7, 11) is 0. The Hall–Kier alpha value is -2.97. The van der Waals surface area contributed by atoms with Crippen LogP contribution in [0, 0.1) is 13.8 Å². The Labute approximate surface area is 206 Å². The summed E-state index contributed by atoms with van der Waals surface area (Å²) in [5.74, 6) is -2.17. The largest absolute Gasteiger partial charge is 0.489 e. The average molecular weight is 554 g/mol. The molecule has 1 heterocycles. The number of rotatable bonds is 5. The van der Waals surface area contributed by atoms with E-state index in [4.69, 9.17) is 25.5 Å². The first-order valence-corrected chi connectivity index (χ1v) is 11.2.